The lowest BCUT2D eigenvalue weighted by Gasteiger charge is -2.31. The number of benzene rings is 2. The number of hydrogen-bond donors (Lipinski definition) is 2. The van der Waals surface area contributed by atoms with E-state index in [1.54, 1.807) is 12.1 Å². The second-order valence-electron chi connectivity index (χ2n) is 8.41. The van der Waals surface area contributed by atoms with Gasteiger partial charge in [0.15, 0.2) is 0 Å². The molecule has 0 bridgehead atoms. The highest BCUT2D eigenvalue weighted by molar-refractivity contribution is 5.78. The van der Waals surface area contributed by atoms with Gasteiger partial charge in [-0.15, -0.1) is 0 Å². The molecule has 6 heteroatoms. The van der Waals surface area contributed by atoms with Crippen molar-refractivity contribution in [2.45, 2.75) is 44.4 Å². The van der Waals surface area contributed by atoms with Crippen LogP contribution in [-0.2, 0) is 24.4 Å². The minimum absolute atomic E-state index is 0.00542. The summed E-state index contributed by atoms with van der Waals surface area (Å²) in [6.07, 6.45) is 2.27. The first-order valence-electron chi connectivity index (χ1n) is 10.5. The van der Waals surface area contributed by atoms with Crippen molar-refractivity contribution in [1.29, 1.82) is 0 Å². The predicted molar refractivity (Wildman–Crippen MR) is 114 cm³/mol. The molecule has 30 heavy (non-hydrogen) atoms. The average molecular weight is 415 g/mol. The molecule has 2 N–H and O–H groups in total. The molecule has 162 valence electrons. The van der Waals surface area contributed by atoms with E-state index in [4.69, 9.17) is 5.11 Å². The number of halogens is 1. The van der Waals surface area contributed by atoms with Crippen LogP contribution >= 0.6 is 0 Å². The molecular weight excluding hydrogens is 383 g/mol. The molecule has 5 nitrogen and oxygen atoms in total. The van der Waals surface area contributed by atoms with Gasteiger partial charge in [-0.05, 0) is 55.1 Å². The molecule has 2 aromatic carbocycles. The van der Waals surface area contributed by atoms with Gasteiger partial charge in [0.25, 0.3) is 0 Å². The molecule has 1 unspecified atom stereocenters. The monoisotopic (exact) mass is 414 g/mol. The fraction of sp³-hybridized carbons (Fsp3) is 0.458. The summed E-state index contributed by atoms with van der Waals surface area (Å²) < 4.78 is 13.1. The second-order valence-corrected chi connectivity index (χ2v) is 8.41. The number of rotatable bonds is 7. The fourth-order valence-electron chi connectivity index (χ4n) is 4.10. The number of carbonyl (C=O) groups excluding carboxylic acids is 1. The summed E-state index contributed by atoms with van der Waals surface area (Å²) in [5, 5.41) is 20.3. The van der Waals surface area contributed by atoms with Crippen LogP contribution in [0.4, 0.5) is 4.39 Å². The van der Waals surface area contributed by atoms with Crippen LogP contribution in [0.25, 0.3) is 0 Å². The topological polar surface area (TPSA) is 64.0 Å². The number of nitrogens with zero attached hydrogens (tertiary/aromatic N) is 2. The first kappa shape index (κ1) is 22.4. The Kier molecular flexibility index (Phi) is 7.58. The maximum atomic E-state index is 13.1. The van der Waals surface area contributed by atoms with Gasteiger partial charge in [-0.3, -0.25) is 9.69 Å². The van der Waals surface area contributed by atoms with Gasteiger partial charge >= 0.3 is 0 Å². The van der Waals surface area contributed by atoms with Crippen molar-refractivity contribution in [3.8, 4) is 0 Å². The lowest BCUT2D eigenvalue weighted by atomic mass is 9.94. The average Bonchev–Trinajstić information content (AvgIpc) is 2.92. The van der Waals surface area contributed by atoms with E-state index >= 15 is 0 Å². The fourth-order valence-corrected chi connectivity index (χ4v) is 4.10. The van der Waals surface area contributed by atoms with Gasteiger partial charge < -0.3 is 15.1 Å². The first-order valence-corrected chi connectivity index (χ1v) is 10.5. The number of carbonyl (C=O) groups is 1. The number of amides is 1. The molecule has 3 rings (SSSR count). The van der Waals surface area contributed by atoms with Gasteiger partial charge in [0.05, 0.1) is 18.6 Å². The molecule has 1 aliphatic rings. The third-order valence-corrected chi connectivity index (χ3v) is 5.76. The highest BCUT2D eigenvalue weighted by atomic mass is 19.1. The van der Waals surface area contributed by atoms with E-state index in [-0.39, 0.29) is 18.3 Å². The molecule has 0 aliphatic carbocycles. The van der Waals surface area contributed by atoms with Gasteiger partial charge in [-0.2, -0.15) is 0 Å². The van der Waals surface area contributed by atoms with E-state index < -0.39 is 5.60 Å². The molecule has 0 saturated carbocycles. The van der Waals surface area contributed by atoms with Crippen LogP contribution in [0.3, 0.4) is 0 Å². The van der Waals surface area contributed by atoms with Crippen LogP contribution in [0, 0.1) is 5.82 Å². The Bertz CT molecular complexity index is 825. The Balaban J connectivity index is 1.52. The van der Waals surface area contributed by atoms with Gasteiger partial charge in [-0.25, -0.2) is 4.39 Å². The molecule has 2 aromatic rings. The van der Waals surface area contributed by atoms with Gasteiger partial charge in [-0.1, -0.05) is 36.4 Å². The molecule has 1 saturated heterocycles. The second kappa shape index (κ2) is 10.2. The lowest BCUT2D eigenvalue weighted by molar-refractivity contribution is -0.130. The Morgan fingerprint density at radius 2 is 1.67 bits per heavy atom. The van der Waals surface area contributed by atoms with Crippen LogP contribution in [-0.4, -0.2) is 58.2 Å². The quantitative estimate of drug-likeness (QED) is 0.731. The summed E-state index contributed by atoms with van der Waals surface area (Å²) in [5.74, 6) is -0.187. The van der Waals surface area contributed by atoms with E-state index in [9.17, 15) is 14.3 Å². The van der Waals surface area contributed by atoms with Crippen molar-refractivity contribution < 1.29 is 19.4 Å². The third-order valence-electron chi connectivity index (χ3n) is 5.76. The molecule has 1 heterocycles. The molecular formula is C24H31FN2O3. The Morgan fingerprint density at radius 3 is 2.33 bits per heavy atom. The number of likely N-dealkylation sites (tertiary alicyclic amines) is 1. The standard InChI is InChI=1S/C24H31FN2O3/c1-26(16-20-7-9-22(25)10-8-20)18-24(30)11-2-13-27(14-12-24)23(29)15-19-3-5-21(17-28)6-4-19/h3-10,28,30H,2,11-18H2,1H3. The smallest absolute Gasteiger partial charge is 0.226 e. The molecule has 1 atom stereocenters. The first-order chi connectivity index (χ1) is 14.4. The zero-order chi connectivity index (χ0) is 21.6. The SMILES string of the molecule is CN(Cc1ccc(F)cc1)CC1(O)CCCN(C(=O)Cc2ccc(CO)cc2)CC1. The van der Waals surface area contributed by atoms with Gasteiger partial charge in [0, 0.05) is 26.2 Å². The highest BCUT2D eigenvalue weighted by Gasteiger charge is 2.32. The Morgan fingerprint density at radius 1 is 1.03 bits per heavy atom. The highest BCUT2D eigenvalue weighted by Crippen LogP contribution is 2.24. The summed E-state index contributed by atoms with van der Waals surface area (Å²) >= 11 is 0. The maximum absolute atomic E-state index is 13.1. The summed E-state index contributed by atoms with van der Waals surface area (Å²) in [4.78, 5) is 16.6. The van der Waals surface area contributed by atoms with Gasteiger partial charge in [0.2, 0.25) is 5.91 Å². The van der Waals surface area contributed by atoms with Crippen LogP contribution in [0.1, 0.15) is 36.0 Å². The molecule has 1 fully saturated rings. The van der Waals surface area contributed by atoms with E-state index in [0.717, 1.165) is 23.1 Å². The lowest BCUT2D eigenvalue weighted by Crippen LogP contribution is -2.42. The normalized spacial score (nSPS) is 19.7. The van der Waals surface area contributed by atoms with Crippen molar-refractivity contribution in [2.75, 3.05) is 26.7 Å². The molecule has 1 aliphatic heterocycles. The maximum Gasteiger partial charge on any atom is 0.226 e. The van der Waals surface area contributed by atoms with Crippen molar-refractivity contribution >= 4 is 5.91 Å². The summed E-state index contributed by atoms with van der Waals surface area (Å²) in [6, 6.07) is 13.8. The Hall–Kier alpha value is -2.28. The van der Waals surface area contributed by atoms with E-state index in [1.165, 1.54) is 12.1 Å². The van der Waals surface area contributed by atoms with Crippen LogP contribution < -0.4 is 0 Å². The zero-order valence-electron chi connectivity index (χ0n) is 17.6. The molecule has 0 spiro atoms. The Labute approximate surface area is 177 Å². The van der Waals surface area contributed by atoms with Gasteiger partial charge in [0.1, 0.15) is 5.82 Å². The number of hydrogen-bond acceptors (Lipinski definition) is 4. The van der Waals surface area contributed by atoms with Crippen molar-refractivity contribution in [2.24, 2.45) is 0 Å². The van der Waals surface area contributed by atoms with Crippen LogP contribution in [0.2, 0.25) is 0 Å². The van der Waals surface area contributed by atoms with Crippen molar-refractivity contribution in [3.05, 3.63) is 71.0 Å². The predicted octanol–water partition coefficient (Wildman–Crippen LogP) is 2.74. The van der Waals surface area contributed by atoms with E-state index in [1.807, 2.05) is 41.1 Å². The van der Waals surface area contributed by atoms with Crippen LogP contribution in [0.15, 0.2) is 48.5 Å². The summed E-state index contributed by atoms with van der Waals surface area (Å²) in [7, 11) is 1.95. The van der Waals surface area contributed by atoms with E-state index in [0.29, 0.717) is 45.4 Å². The van der Waals surface area contributed by atoms with Crippen LogP contribution in [0.5, 0.6) is 0 Å². The minimum atomic E-state index is -0.841. The largest absolute Gasteiger partial charge is 0.392 e. The third kappa shape index (κ3) is 6.36. The number of likely N-dealkylation sites (N-methyl/N-ethyl adjacent to an activating group) is 1. The molecule has 0 radical (unpaired) electrons. The minimum Gasteiger partial charge on any atom is -0.392 e. The molecule has 0 aromatic heterocycles. The van der Waals surface area contributed by atoms with Crippen molar-refractivity contribution in [3.63, 3.8) is 0 Å². The summed E-state index contributed by atoms with van der Waals surface area (Å²) in [6.45, 7) is 2.32. The zero-order valence-corrected chi connectivity index (χ0v) is 17.6. The summed E-state index contributed by atoms with van der Waals surface area (Å²) in [5.41, 5.74) is 1.92. The van der Waals surface area contributed by atoms with E-state index in [2.05, 4.69) is 0 Å². The number of aliphatic hydroxyl groups is 2. The molecule has 1 amide bonds. The van der Waals surface area contributed by atoms with Crippen molar-refractivity contribution in [1.82, 2.24) is 9.80 Å². The number of aliphatic hydroxyl groups excluding tert-OH is 1.